The Morgan fingerprint density at radius 3 is 2.58 bits per heavy atom. The molecule has 0 aliphatic carbocycles. The third-order valence-electron chi connectivity index (χ3n) is 5.63. The molecule has 8 nitrogen and oxygen atoms in total. The van der Waals surface area contributed by atoms with Crippen LogP contribution in [0.1, 0.15) is 49.7 Å². The number of nitrogens with one attached hydrogen (secondary N) is 2. The second-order valence-electron chi connectivity index (χ2n) is 9.12. The zero-order chi connectivity index (χ0) is 23.8. The zero-order valence-electron chi connectivity index (χ0n) is 19.4. The Hall–Kier alpha value is -3.23. The van der Waals surface area contributed by atoms with Crippen molar-refractivity contribution in [2.45, 2.75) is 58.3 Å². The molecule has 1 saturated heterocycles. The van der Waals surface area contributed by atoms with Crippen LogP contribution in [0.2, 0.25) is 6.32 Å². The number of nitrogens with zero attached hydrogens (tertiary/aromatic N) is 2. The summed E-state index contributed by atoms with van der Waals surface area (Å²) in [5.74, 6) is -0.893. The third-order valence-corrected chi connectivity index (χ3v) is 5.63. The summed E-state index contributed by atoms with van der Waals surface area (Å²) in [4.78, 5) is 46.1. The van der Waals surface area contributed by atoms with Crippen molar-refractivity contribution in [3.63, 3.8) is 0 Å². The molecule has 0 bridgehead atoms. The Balaban J connectivity index is 1.78. The molecule has 9 heteroatoms. The lowest BCUT2D eigenvalue weighted by atomic mass is 9.51. The summed E-state index contributed by atoms with van der Waals surface area (Å²) in [6.07, 6.45) is 6.33. The SMILES string of the molecule is CC(C)C[C@H](NC(=O)[C@H](Cc1ccccc1)NC(=O)c1cnccn1)B1C[C@H](C)CC(=O)O1. The van der Waals surface area contributed by atoms with E-state index in [1.54, 1.807) is 0 Å². The molecule has 1 aromatic heterocycles. The molecule has 2 amide bonds. The lowest BCUT2D eigenvalue weighted by Gasteiger charge is -2.32. The van der Waals surface area contributed by atoms with Crippen molar-refractivity contribution in [1.29, 1.82) is 0 Å². The molecule has 3 rings (SSSR count). The van der Waals surface area contributed by atoms with Crippen molar-refractivity contribution in [2.24, 2.45) is 11.8 Å². The van der Waals surface area contributed by atoms with Gasteiger partial charge in [0.15, 0.2) is 0 Å². The molecule has 0 unspecified atom stereocenters. The Morgan fingerprint density at radius 2 is 1.94 bits per heavy atom. The monoisotopic (exact) mass is 450 g/mol. The molecule has 2 heterocycles. The standard InChI is InChI=1S/C24H31BN4O4/c1-16(2)11-21(25-14-17(3)12-22(30)33-25)29-23(31)19(13-18-7-5-4-6-8-18)28-24(32)20-15-26-9-10-27-20/h4-10,15-17,19,21H,11-14H2,1-3H3,(H,28,32)(H,29,31)/t17-,19+,21+/m1/s1. The van der Waals surface area contributed by atoms with E-state index in [2.05, 4.69) is 34.4 Å². The van der Waals surface area contributed by atoms with Crippen LogP contribution in [0.25, 0.3) is 0 Å². The summed E-state index contributed by atoms with van der Waals surface area (Å²) in [6.45, 7) is 5.75. The van der Waals surface area contributed by atoms with E-state index in [4.69, 9.17) is 4.65 Å². The fraction of sp³-hybridized carbons (Fsp3) is 0.458. The Labute approximate surface area is 195 Å². The maximum Gasteiger partial charge on any atom is 0.384 e. The highest BCUT2D eigenvalue weighted by atomic mass is 16.5. The fourth-order valence-corrected chi connectivity index (χ4v) is 4.08. The van der Waals surface area contributed by atoms with Crippen LogP contribution in [0.5, 0.6) is 0 Å². The predicted molar refractivity (Wildman–Crippen MR) is 125 cm³/mol. The number of hydrogen-bond donors (Lipinski definition) is 2. The molecule has 0 saturated carbocycles. The number of carbonyl (C=O) groups is 3. The lowest BCUT2D eigenvalue weighted by molar-refractivity contribution is -0.137. The van der Waals surface area contributed by atoms with Crippen molar-refractivity contribution >= 4 is 24.7 Å². The highest BCUT2D eigenvalue weighted by molar-refractivity contribution is 6.56. The van der Waals surface area contributed by atoms with E-state index in [0.29, 0.717) is 25.6 Å². The van der Waals surface area contributed by atoms with Gasteiger partial charge < -0.3 is 15.3 Å². The van der Waals surface area contributed by atoms with Crippen molar-refractivity contribution in [3.8, 4) is 0 Å². The van der Waals surface area contributed by atoms with Crippen molar-refractivity contribution in [1.82, 2.24) is 20.6 Å². The van der Waals surface area contributed by atoms with E-state index < -0.39 is 11.9 Å². The van der Waals surface area contributed by atoms with E-state index in [0.717, 1.165) is 5.56 Å². The van der Waals surface area contributed by atoms with E-state index >= 15 is 0 Å². The Morgan fingerprint density at radius 1 is 1.18 bits per heavy atom. The smallest absolute Gasteiger partial charge is 0.384 e. The molecule has 0 radical (unpaired) electrons. The lowest BCUT2D eigenvalue weighted by Crippen LogP contribution is -2.56. The predicted octanol–water partition coefficient (Wildman–Crippen LogP) is 2.46. The van der Waals surface area contributed by atoms with Gasteiger partial charge in [0.2, 0.25) is 5.91 Å². The molecule has 2 aromatic rings. The quantitative estimate of drug-likeness (QED) is 0.568. The summed E-state index contributed by atoms with van der Waals surface area (Å²) in [7, 11) is 0. The Bertz CT molecular complexity index is 942. The van der Waals surface area contributed by atoms with Crippen molar-refractivity contribution < 1.29 is 19.0 Å². The molecule has 2 N–H and O–H groups in total. The third kappa shape index (κ3) is 7.41. The van der Waals surface area contributed by atoms with Gasteiger partial charge in [-0.2, -0.15) is 0 Å². The Kier molecular flexibility index (Phi) is 8.57. The number of benzene rings is 1. The van der Waals surface area contributed by atoms with Gasteiger partial charge in [-0.25, -0.2) is 4.98 Å². The summed E-state index contributed by atoms with van der Waals surface area (Å²) >= 11 is 0. The normalized spacial score (nSPS) is 17.8. The maximum atomic E-state index is 13.4. The minimum Gasteiger partial charge on any atom is -0.534 e. The second kappa shape index (κ2) is 11.6. The largest absolute Gasteiger partial charge is 0.534 e. The van der Waals surface area contributed by atoms with Gasteiger partial charge >= 0.3 is 6.92 Å². The van der Waals surface area contributed by atoms with Crippen LogP contribution >= 0.6 is 0 Å². The molecular formula is C24H31BN4O4. The van der Waals surface area contributed by atoms with Crippen LogP contribution < -0.4 is 10.6 Å². The molecule has 3 atom stereocenters. The summed E-state index contributed by atoms with van der Waals surface area (Å²) in [5.41, 5.74) is 1.05. The van der Waals surface area contributed by atoms with Gasteiger partial charge in [0.1, 0.15) is 11.7 Å². The molecule has 174 valence electrons. The van der Waals surface area contributed by atoms with Gasteiger partial charge in [-0.3, -0.25) is 19.4 Å². The van der Waals surface area contributed by atoms with Crippen LogP contribution in [-0.4, -0.2) is 46.7 Å². The van der Waals surface area contributed by atoms with Crippen LogP contribution in [0.4, 0.5) is 0 Å². The van der Waals surface area contributed by atoms with Gasteiger partial charge in [0.25, 0.3) is 11.9 Å². The van der Waals surface area contributed by atoms with Gasteiger partial charge in [-0.1, -0.05) is 51.1 Å². The van der Waals surface area contributed by atoms with Gasteiger partial charge in [-0.05, 0) is 30.1 Å². The number of aromatic nitrogens is 2. The van der Waals surface area contributed by atoms with Crippen LogP contribution in [-0.2, 0) is 20.7 Å². The minimum atomic E-state index is -0.826. The first-order chi connectivity index (χ1) is 15.8. The molecule has 0 spiro atoms. The molecule has 33 heavy (non-hydrogen) atoms. The van der Waals surface area contributed by atoms with Crippen LogP contribution in [0.3, 0.4) is 0 Å². The van der Waals surface area contributed by atoms with Crippen LogP contribution in [0.15, 0.2) is 48.9 Å². The van der Waals surface area contributed by atoms with Gasteiger partial charge in [0.05, 0.1) is 6.20 Å². The number of amides is 2. The highest BCUT2D eigenvalue weighted by Gasteiger charge is 2.39. The average molecular weight is 450 g/mol. The van der Waals surface area contributed by atoms with Gasteiger partial charge in [-0.15, -0.1) is 0 Å². The number of hydrogen-bond acceptors (Lipinski definition) is 6. The minimum absolute atomic E-state index is 0.136. The summed E-state index contributed by atoms with van der Waals surface area (Å²) < 4.78 is 5.61. The molecule has 1 aromatic carbocycles. The average Bonchev–Trinajstić information content (AvgIpc) is 2.78. The molecule has 1 fully saturated rings. The van der Waals surface area contributed by atoms with Crippen molar-refractivity contribution in [3.05, 3.63) is 60.2 Å². The first-order valence-electron chi connectivity index (χ1n) is 11.4. The van der Waals surface area contributed by atoms with E-state index in [1.807, 2.05) is 37.3 Å². The molecular weight excluding hydrogens is 419 g/mol. The first-order valence-corrected chi connectivity index (χ1v) is 11.4. The van der Waals surface area contributed by atoms with Crippen LogP contribution in [0, 0.1) is 11.8 Å². The first kappa shape index (κ1) is 24.4. The maximum absolute atomic E-state index is 13.4. The van der Waals surface area contributed by atoms with E-state index in [-0.39, 0.29) is 42.3 Å². The molecule has 1 aliphatic rings. The van der Waals surface area contributed by atoms with E-state index in [1.165, 1.54) is 18.6 Å². The molecule has 1 aliphatic heterocycles. The van der Waals surface area contributed by atoms with Crippen molar-refractivity contribution in [2.75, 3.05) is 0 Å². The number of carbonyl (C=O) groups excluding carboxylic acids is 3. The zero-order valence-corrected chi connectivity index (χ0v) is 19.4. The fourth-order valence-electron chi connectivity index (χ4n) is 4.08. The highest BCUT2D eigenvalue weighted by Crippen LogP contribution is 2.24. The van der Waals surface area contributed by atoms with E-state index in [9.17, 15) is 14.4 Å². The topological polar surface area (TPSA) is 110 Å². The van der Waals surface area contributed by atoms with Gasteiger partial charge in [0, 0.05) is 31.2 Å². The summed E-state index contributed by atoms with van der Waals surface area (Å²) in [5, 5.41) is 5.87. The number of rotatable bonds is 9. The second-order valence-corrected chi connectivity index (χ2v) is 9.12. The summed E-state index contributed by atoms with van der Waals surface area (Å²) in [6, 6.07) is 8.66.